The largest absolute Gasteiger partial charge is 0.416 e. The van der Waals surface area contributed by atoms with Crippen molar-refractivity contribution in [3.8, 4) is 0 Å². The van der Waals surface area contributed by atoms with Crippen molar-refractivity contribution in [2.75, 3.05) is 12.3 Å². The summed E-state index contributed by atoms with van der Waals surface area (Å²) in [5, 5.41) is 0. The monoisotopic (exact) mass is 344 g/mol. The molecular formula is C15H15F3N2O2S. The zero-order valence-corrected chi connectivity index (χ0v) is 12.8. The predicted molar refractivity (Wildman–Crippen MR) is 81.2 cm³/mol. The predicted octanol–water partition coefficient (Wildman–Crippen LogP) is 2.81. The molecule has 0 heterocycles. The van der Waals surface area contributed by atoms with E-state index in [-0.39, 0.29) is 17.9 Å². The van der Waals surface area contributed by atoms with Crippen LogP contribution in [-0.2, 0) is 22.6 Å². The van der Waals surface area contributed by atoms with Gasteiger partial charge in [-0.1, -0.05) is 24.3 Å². The fourth-order valence-electron chi connectivity index (χ4n) is 2.00. The highest BCUT2D eigenvalue weighted by Gasteiger charge is 2.30. The fraction of sp³-hybridized carbons (Fsp3) is 0.200. The van der Waals surface area contributed by atoms with Gasteiger partial charge in [-0.05, 0) is 36.2 Å². The van der Waals surface area contributed by atoms with Crippen molar-refractivity contribution in [3.63, 3.8) is 0 Å². The SMILES string of the molecule is Nc1cccc(S(=O)(=O)NCCc2cccc(C(F)(F)F)c2)c1. The molecule has 23 heavy (non-hydrogen) atoms. The van der Waals surface area contributed by atoms with Crippen LogP contribution in [0, 0.1) is 0 Å². The smallest absolute Gasteiger partial charge is 0.399 e. The second-order valence-electron chi connectivity index (χ2n) is 4.92. The van der Waals surface area contributed by atoms with Crippen molar-refractivity contribution < 1.29 is 21.6 Å². The minimum Gasteiger partial charge on any atom is -0.399 e. The van der Waals surface area contributed by atoms with Gasteiger partial charge in [0.05, 0.1) is 10.5 Å². The topological polar surface area (TPSA) is 72.2 Å². The lowest BCUT2D eigenvalue weighted by Crippen LogP contribution is -2.26. The van der Waals surface area contributed by atoms with E-state index in [9.17, 15) is 21.6 Å². The minimum absolute atomic E-state index is 0.0153. The standard InChI is InChI=1S/C15H15F3N2O2S/c16-15(17,18)12-4-1-3-11(9-12)7-8-20-23(21,22)14-6-2-5-13(19)10-14/h1-6,9-10,20H,7-8,19H2. The zero-order valence-electron chi connectivity index (χ0n) is 12.0. The maximum atomic E-state index is 12.6. The van der Waals surface area contributed by atoms with E-state index in [0.29, 0.717) is 11.3 Å². The Bertz CT molecular complexity index is 789. The maximum absolute atomic E-state index is 12.6. The molecule has 124 valence electrons. The van der Waals surface area contributed by atoms with Gasteiger partial charge in [0, 0.05) is 12.2 Å². The van der Waals surface area contributed by atoms with Gasteiger partial charge in [0.25, 0.3) is 0 Å². The maximum Gasteiger partial charge on any atom is 0.416 e. The molecule has 2 aromatic rings. The number of sulfonamides is 1. The Hall–Kier alpha value is -2.06. The van der Waals surface area contributed by atoms with Crippen LogP contribution in [0.3, 0.4) is 0 Å². The van der Waals surface area contributed by atoms with Gasteiger partial charge in [0.1, 0.15) is 0 Å². The average molecular weight is 344 g/mol. The van der Waals surface area contributed by atoms with Gasteiger partial charge < -0.3 is 5.73 Å². The number of rotatable bonds is 5. The molecule has 8 heteroatoms. The molecule has 2 rings (SSSR count). The lowest BCUT2D eigenvalue weighted by molar-refractivity contribution is -0.137. The van der Waals surface area contributed by atoms with Crippen LogP contribution < -0.4 is 10.5 Å². The highest BCUT2D eigenvalue weighted by Crippen LogP contribution is 2.29. The number of alkyl halides is 3. The molecule has 4 nitrogen and oxygen atoms in total. The van der Waals surface area contributed by atoms with E-state index >= 15 is 0 Å². The number of nitrogens with one attached hydrogen (secondary N) is 1. The molecule has 0 atom stereocenters. The summed E-state index contributed by atoms with van der Waals surface area (Å²) in [6.07, 6.45) is -4.28. The van der Waals surface area contributed by atoms with Crippen molar-refractivity contribution in [2.24, 2.45) is 0 Å². The molecule has 0 radical (unpaired) electrons. The quantitative estimate of drug-likeness (QED) is 0.819. The van der Waals surface area contributed by atoms with Crippen molar-refractivity contribution >= 4 is 15.7 Å². The number of anilines is 1. The van der Waals surface area contributed by atoms with Crippen LogP contribution in [0.4, 0.5) is 18.9 Å². The first kappa shape index (κ1) is 17.3. The molecule has 0 amide bonds. The number of nitrogen functional groups attached to an aromatic ring is 1. The van der Waals surface area contributed by atoms with E-state index in [4.69, 9.17) is 5.73 Å². The summed E-state index contributed by atoms with van der Waals surface area (Å²) in [5.41, 5.74) is 5.49. The number of benzene rings is 2. The van der Waals surface area contributed by atoms with Gasteiger partial charge >= 0.3 is 6.18 Å². The molecule has 0 fully saturated rings. The first-order valence-electron chi connectivity index (χ1n) is 6.70. The highest BCUT2D eigenvalue weighted by atomic mass is 32.2. The van der Waals surface area contributed by atoms with Crippen molar-refractivity contribution in [1.29, 1.82) is 0 Å². The summed E-state index contributed by atoms with van der Waals surface area (Å²) in [4.78, 5) is 0.0153. The lowest BCUT2D eigenvalue weighted by Gasteiger charge is -2.10. The Morgan fingerprint density at radius 1 is 1.04 bits per heavy atom. The van der Waals surface area contributed by atoms with Crippen LogP contribution in [0.1, 0.15) is 11.1 Å². The highest BCUT2D eigenvalue weighted by molar-refractivity contribution is 7.89. The van der Waals surface area contributed by atoms with E-state index in [1.165, 1.54) is 30.3 Å². The van der Waals surface area contributed by atoms with Crippen molar-refractivity contribution in [2.45, 2.75) is 17.5 Å². The van der Waals surface area contributed by atoms with E-state index < -0.39 is 21.8 Å². The molecule has 3 N–H and O–H groups in total. The number of hydrogen-bond donors (Lipinski definition) is 2. The third-order valence-corrected chi connectivity index (χ3v) is 4.59. The molecular weight excluding hydrogens is 329 g/mol. The third kappa shape index (κ3) is 4.70. The normalized spacial score (nSPS) is 12.3. The van der Waals surface area contributed by atoms with Gasteiger partial charge in [-0.3, -0.25) is 0 Å². The van der Waals surface area contributed by atoms with Crippen LogP contribution in [0.15, 0.2) is 53.4 Å². The van der Waals surface area contributed by atoms with Crippen LogP contribution in [0.2, 0.25) is 0 Å². The van der Waals surface area contributed by atoms with Gasteiger partial charge in [0.2, 0.25) is 10.0 Å². The van der Waals surface area contributed by atoms with Crippen molar-refractivity contribution in [3.05, 3.63) is 59.7 Å². The summed E-state index contributed by atoms with van der Waals surface area (Å²) in [6.45, 7) is -0.0154. The average Bonchev–Trinajstić information content (AvgIpc) is 2.46. The van der Waals surface area contributed by atoms with Gasteiger partial charge in [-0.15, -0.1) is 0 Å². The summed E-state index contributed by atoms with van der Waals surface area (Å²) in [6, 6.07) is 10.6. The molecule has 0 saturated carbocycles. The molecule has 2 aromatic carbocycles. The lowest BCUT2D eigenvalue weighted by atomic mass is 10.1. The van der Waals surface area contributed by atoms with Gasteiger partial charge in [0.15, 0.2) is 0 Å². The summed E-state index contributed by atoms with van der Waals surface area (Å²) in [5.74, 6) is 0. The van der Waals surface area contributed by atoms with Crippen molar-refractivity contribution in [1.82, 2.24) is 4.72 Å². The molecule has 0 unspecified atom stereocenters. The Morgan fingerprint density at radius 3 is 2.39 bits per heavy atom. The second kappa shape index (κ2) is 6.59. The zero-order chi connectivity index (χ0) is 17.1. The van der Waals surface area contributed by atoms with E-state index in [1.54, 1.807) is 6.07 Å². The van der Waals surface area contributed by atoms with E-state index in [2.05, 4.69) is 4.72 Å². The Kier molecular flexibility index (Phi) is 4.96. The third-order valence-electron chi connectivity index (χ3n) is 3.13. The van der Waals surface area contributed by atoms with Crippen LogP contribution in [-0.4, -0.2) is 15.0 Å². The molecule has 0 spiro atoms. The Balaban J connectivity index is 2.02. The van der Waals surface area contributed by atoms with Crippen LogP contribution in [0.5, 0.6) is 0 Å². The Morgan fingerprint density at radius 2 is 1.74 bits per heavy atom. The number of hydrogen-bond acceptors (Lipinski definition) is 3. The fourth-order valence-corrected chi connectivity index (χ4v) is 3.08. The first-order valence-corrected chi connectivity index (χ1v) is 8.18. The molecule has 0 aliphatic rings. The van der Waals surface area contributed by atoms with E-state index in [1.807, 2.05) is 0 Å². The summed E-state index contributed by atoms with van der Waals surface area (Å²) >= 11 is 0. The molecule has 0 bridgehead atoms. The van der Waals surface area contributed by atoms with Gasteiger partial charge in [-0.2, -0.15) is 13.2 Å². The van der Waals surface area contributed by atoms with Crippen LogP contribution in [0.25, 0.3) is 0 Å². The van der Waals surface area contributed by atoms with E-state index in [0.717, 1.165) is 12.1 Å². The van der Waals surface area contributed by atoms with Gasteiger partial charge in [-0.25, -0.2) is 13.1 Å². The number of nitrogens with two attached hydrogens (primary N) is 1. The number of halogens is 3. The summed E-state index contributed by atoms with van der Waals surface area (Å²) in [7, 11) is -3.74. The Labute approximate surface area is 132 Å². The molecule has 0 aromatic heterocycles. The van der Waals surface area contributed by atoms with Crippen LogP contribution >= 0.6 is 0 Å². The molecule has 0 aliphatic carbocycles. The minimum atomic E-state index is -4.42. The molecule has 0 aliphatic heterocycles. The first-order chi connectivity index (χ1) is 10.7. The summed E-state index contributed by atoms with van der Waals surface area (Å²) < 4.78 is 64.3. The second-order valence-corrected chi connectivity index (χ2v) is 6.69. The molecule has 0 saturated heterocycles.